The van der Waals surface area contributed by atoms with Crippen LogP contribution in [0.5, 0.6) is 0 Å². The molecule has 0 spiro atoms. The van der Waals surface area contributed by atoms with Crippen LogP contribution < -0.4 is 5.32 Å². The molecule has 0 saturated carbocycles. The molecule has 3 rings (SSSR count). The molecule has 1 aliphatic rings. The van der Waals surface area contributed by atoms with Crippen molar-refractivity contribution in [3.05, 3.63) is 63.1 Å². The normalized spacial score (nSPS) is 14.5. The van der Waals surface area contributed by atoms with Crippen molar-refractivity contribution in [3.8, 4) is 0 Å². The van der Waals surface area contributed by atoms with Crippen molar-refractivity contribution in [2.24, 2.45) is 0 Å². The number of hydrogen-bond donors (Lipinski definition) is 1. The maximum atomic E-state index is 6.27. The molecule has 19 heavy (non-hydrogen) atoms. The molecule has 98 valence electrons. The van der Waals surface area contributed by atoms with Crippen molar-refractivity contribution in [3.63, 3.8) is 0 Å². The fourth-order valence-corrected chi connectivity index (χ4v) is 3.07. The Bertz CT molecular complexity index is 597. The first-order valence-electron chi connectivity index (χ1n) is 6.42. The Morgan fingerprint density at radius 3 is 2.26 bits per heavy atom. The van der Waals surface area contributed by atoms with Crippen LogP contribution in [0.25, 0.3) is 0 Å². The predicted octanol–water partition coefficient (Wildman–Crippen LogP) is 4.88. The Morgan fingerprint density at radius 2 is 1.63 bits per heavy atom. The van der Waals surface area contributed by atoms with Crippen LogP contribution in [0.3, 0.4) is 0 Å². The molecule has 1 nitrogen and oxygen atoms in total. The van der Waals surface area contributed by atoms with Gasteiger partial charge in [-0.05, 0) is 48.6 Å². The van der Waals surface area contributed by atoms with Gasteiger partial charge in [-0.15, -0.1) is 0 Å². The van der Waals surface area contributed by atoms with E-state index in [1.54, 1.807) is 0 Å². The highest BCUT2D eigenvalue weighted by Gasteiger charge is 2.21. The van der Waals surface area contributed by atoms with E-state index in [9.17, 15) is 0 Å². The molecule has 0 unspecified atom stereocenters. The highest BCUT2D eigenvalue weighted by atomic mass is 35.5. The Morgan fingerprint density at radius 1 is 1.00 bits per heavy atom. The molecule has 2 aromatic carbocycles. The summed E-state index contributed by atoms with van der Waals surface area (Å²) in [5, 5.41) is 4.99. The maximum absolute atomic E-state index is 6.27. The van der Waals surface area contributed by atoms with Gasteiger partial charge in [-0.2, -0.15) is 0 Å². The molecule has 0 atom stereocenters. The molecule has 3 heteroatoms. The van der Waals surface area contributed by atoms with Crippen LogP contribution in [-0.4, -0.2) is 6.04 Å². The molecular weight excluding hydrogens is 277 g/mol. The average Bonchev–Trinajstić information content (AvgIpc) is 2.78. The molecule has 0 fully saturated rings. The van der Waals surface area contributed by atoms with Crippen molar-refractivity contribution >= 4 is 28.9 Å². The first kappa shape index (κ1) is 12.8. The molecule has 0 amide bonds. The average molecular weight is 292 g/mol. The second-order valence-electron chi connectivity index (χ2n) is 5.10. The van der Waals surface area contributed by atoms with Crippen molar-refractivity contribution in [2.75, 3.05) is 5.32 Å². The largest absolute Gasteiger partial charge is 0.380 e. The van der Waals surface area contributed by atoms with Crippen LogP contribution in [0, 0.1) is 6.92 Å². The number of halogens is 2. The third-order valence-electron chi connectivity index (χ3n) is 3.66. The minimum Gasteiger partial charge on any atom is -0.380 e. The number of rotatable bonds is 2. The Labute approximate surface area is 123 Å². The van der Waals surface area contributed by atoms with Crippen molar-refractivity contribution < 1.29 is 0 Å². The van der Waals surface area contributed by atoms with Gasteiger partial charge in [0, 0.05) is 11.1 Å². The second kappa shape index (κ2) is 5.07. The third kappa shape index (κ3) is 2.58. The standard InChI is InChI=1S/C16H15Cl2N/c1-10-6-15(18)16(9-14(10)17)19-13-7-11-4-2-3-5-12(11)8-13/h2-6,9,13,19H,7-8H2,1H3. The van der Waals surface area contributed by atoms with E-state index in [1.165, 1.54) is 11.1 Å². The number of aryl methyl sites for hydroxylation is 1. The summed E-state index contributed by atoms with van der Waals surface area (Å²) in [4.78, 5) is 0. The lowest BCUT2D eigenvalue weighted by atomic mass is 10.1. The summed E-state index contributed by atoms with van der Waals surface area (Å²) in [5.41, 5.74) is 4.78. The maximum Gasteiger partial charge on any atom is 0.0641 e. The van der Waals surface area contributed by atoms with Gasteiger partial charge in [-0.3, -0.25) is 0 Å². The van der Waals surface area contributed by atoms with E-state index >= 15 is 0 Å². The van der Waals surface area contributed by atoms with Gasteiger partial charge in [-0.1, -0.05) is 47.5 Å². The van der Waals surface area contributed by atoms with Gasteiger partial charge < -0.3 is 5.32 Å². The topological polar surface area (TPSA) is 12.0 Å². The molecule has 1 aliphatic carbocycles. The lowest BCUT2D eigenvalue weighted by molar-refractivity contribution is 0.774. The van der Waals surface area contributed by atoms with Crippen LogP contribution in [0.1, 0.15) is 16.7 Å². The lowest BCUT2D eigenvalue weighted by Gasteiger charge is -2.16. The van der Waals surface area contributed by atoms with Gasteiger partial charge in [0.1, 0.15) is 0 Å². The van der Waals surface area contributed by atoms with Gasteiger partial charge >= 0.3 is 0 Å². The fourth-order valence-electron chi connectivity index (χ4n) is 2.64. The van der Waals surface area contributed by atoms with Gasteiger partial charge in [-0.25, -0.2) is 0 Å². The smallest absolute Gasteiger partial charge is 0.0641 e. The van der Waals surface area contributed by atoms with Crippen LogP contribution in [0.2, 0.25) is 10.0 Å². The van der Waals surface area contributed by atoms with Crippen molar-refractivity contribution in [1.82, 2.24) is 0 Å². The zero-order chi connectivity index (χ0) is 13.4. The van der Waals surface area contributed by atoms with E-state index in [-0.39, 0.29) is 0 Å². The molecule has 0 radical (unpaired) electrons. The minimum atomic E-state index is 0.397. The molecule has 0 saturated heterocycles. The molecule has 0 heterocycles. The molecule has 0 aliphatic heterocycles. The Balaban J connectivity index is 1.79. The monoisotopic (exact) mass is 291 g/mol. The number of anilines is 1. The first-order valence-corrected chi connectivity index (χ1v) is 7.18. The van der Waals surface area contributed by atoms with E-state index in [4.69, 9.17) is 23.2 Å². The molecule has 1 N–H and O–H groups in total. The molecule has 2 aromatic rings. The highest BCUT2D eigenvalue weighted by Crippen LogP contribution is 2.31. The summed E-state index contributed by atoms with van der Waals surface area (Å²) < 4.78 is 0. The summed E-state index contributed by atoms with van der Waals surface area (Å²) in [7, 11) is 0. The second-order valence-corrected chi connectivity index (χ2v) is 5.91. The van der Waals surface area contributed by atoms with E-state index in [1.807, 2.05) is 19.1 Å². The SMILES string of the molecule is Cc1cc(Cl)c(NC2Cc3ccccc3C2)cc1Cl. The quantitative estimate of drug-likeness (QED) is 0.831. The summed E-state index contributed by atoms with van der Waals surface area (Å²) >= 11 is 12.4. The van der Waals surface area contributed by atoms with Crippen LogP contribution >= 0.6 is 23.2 Å². The van der Waals surface area contributed by atoms with Gasteiger partial charge in [0.15, 0.2) is 0 Å². The van der Waals surface area contributed by atoms with E-state index in [0.717, 1.165) is 34.1 Å². The van der Waals surface area contributed by atoms with Crippen LogP contribution in [0.4, 0.5) is 5.69 Å². The van der Waals surface area contributed by atoms with E-state index in [2.05, 4.69) is 29.6 Å². The fraction of sp³-hybridized carbons (Fsp3) is 0.250. The van der Waals surface area contributed by atoms with Gasteiger partial charge in [0.05, 0.1) is 10.7 Å². The van der Waals surface area contributed by atoms with Gasteiger partial charge in [0.25, 0.3) is 0 Å². The lowest BCUT2D eigenvalue weighted by Crippen LogP contribution is -2.19. The molecular formula is C16H15Cl2N. The third-order valence-corrected chi connectivity index (χ3v) is 4.38. The highest BCUT2D eigenvalue weighted by molar-refractivity contribution is 6.35. The van der Waals surface area contributed by atoms with Crippen LogP contribution in [0.15, 0.2) is 36.4 Å². The number of hydrogen-bond acceptors (Lipinski definition) is 1. The van der Waals surface area contributed by atoms with E-state index < -0.39 is 0 Å². The summed E-state index contributed by atoms with van der Waals surface area (Å²) in [6.07, 6.45) is 2.08. The zero-order valence-electron chi connectivity index (χ0n) is 10.7. The molecule has 0 aromatic heterocycles. The summed E-state index contributed by atoms with van der Waals surface area (Å²) in [6.45, 7) is 1.96. The van der Waals surface area contributed by atoms with Crippen LogP contribution in [-0.2, 0) is 12.8 Å². The summed E-state index contributed by atoms with van der Waals surface area (Å²) in [6, 6.07) is 12.8. The number of benzene rings is 2. The minimum absolute atomic E-state index is 0.397. The first-order chi connectivity index (χ1) is 9.13. The summed E-state index contributed by atoms with van der Waals surface area (Å²) in [5.74, 6) is 0. The van der Waals surface area contributed by atoms with Crippen molar-refractivity contribution in [1.29, 1.82) is 0 Å². The van der Waals surface area contributed by atoms with E-state index in [0.29, 0.717) is 6.04 Å². The number of fused-ring (bicyclic) bond motifs is 1. The van der Waals surface area contributed by atoms with Gasteiger partial charge in [0.2, 0.25) is 0 Å². The van der Waals surface area contributed by atoms with Crippen molar-refractivity contribution in [2.45, 2.75) is 25.8 Å². The predicted molar refractivity (Wildman–Crippen MR) is 82.5 cm³/mol. The Kier molecular flexibility index (Phi) is 3.42. The molecule has 0 bridgehead atoms. The number of nitrogens with one attached hydrogen (secondary N) is 1. The zero-order valence-corrected chi connectivity index (χ0v) is 12.2. The Hall–Kier alpha value is -1.18.